The van der Waals surface area contributed by atoms with Crippen molar-refractivity contribution in [3.05, 3.63) is 41.7 Å². The van der Waals surface area contributed by atoms with Gasteiger partial charge in [0.1, 0.15) is 23.0 Å². The minimum Gasteiger partial charge on any atom is -0.511 e. The maximum Gasteiger partial charge on any atom is 0.163 e. The molecule has 2 rings (SSSR count). The monoisotopic (exact) mass is 304 g/mol. The Hall–Kier alpha value is -2.43. The van der Waals surface area contributed by atoms with Gasteiger partial charge >= 0.3 is 0 Å². The van der Waals surface area contributed by atoms with Crippen LogP contribution in [0.25, 0.3) is 0 Å². The average molecular weight is 304 g/mol. The van der Waals surface area contributed by atoms with Gasteiger partial charge in [-0.2, -0.15) is 0 Å². The number of hydrogen-bond acceptors (Lipinski definition) is 5. The quantitative estimate of drug-likeness (QED) is 0.818. The van der Waals surface area contributed by atoms with Gasteiger partial charge in [0, 0.05) is 29.7 Å². The molecule has 0 bridgehead atoms. The molecular formula is C17H20O5. The first kappa shape index (κ1) is 15.9. The van der Waals surface area contributed by atoms with Gasteiger partial charge in [-0.3, -0.25) is 4.79 Å². The van der Waals surface area contributed by atoms with Crippen molar-refractivity contribution in [2.75, 3.05) is 21.3 Å². The number of benzene rings is 1. The van der Waals surface area contributed by atoms with Crippen molar-refractivity contribution in [2.45, 2.75) is 18.8 Å². The first-order valence-corrected chi connectivity index (χ1v) is 6.93. The summed E-state index contributed by atoms with van der Waals surface area (Å²) in [6.07, 6.45) is 2.14. The van der Waals surface area contributed by atoms with Gasteiger partial charge < -0.3 is 19.3 Å². The molecule has 1 aliphatic carbocycles. The van der Waals surface area contributed by atoms with Crippen LogP contribution >= 0.6 is 0 Å². The lowest BCUT2D eigenvalue weighted by molar-refractivity contribution is -0.115. The summed E-state index contributed by atoms with van der Waals surface area (Å²) in [5.74, 6) is 1.12. The van der Waals surface area contributed by atoms with Gasteiger partial charge in [0.05, 0.1) is 27.2 Å². The fraction of sp³-hybridized carbons (Fsp3) is 0.353. The molecule has 0 heterocycles. The van der Waals surface area contributed by atoms with Crippen LogP contribution in [-0.4, -0.2) is 32.2 Å². The molecule has 1 aromatic rings. The molecule has 0 saturated heterocycles. The van der Waals surface area contributed by atoms with Gasteiger partial charge in [0.15, 0.2) is 5.78 Å². The fourth-order valence-corrected chi connectivity index (χ4v) is 2.74. The molecule has 1 N–H and O–H groups in total. The first-order valence-electron chi connectivity index (χ1n) is 6.93. The third-order valence-corrected chi connectivity index (χ3v) is 3.82. The van der Waals surface area contributed by atoms with Crippen LogP contribution in [0.4, 0.5) is 0 Å². The summed E-state index contributed by atoms with van der Waals surface area (Å²) >= 11 is 0. The number of ketones is 1. The highest BCUT2D eigenvalue weighted by Gasteiger charge is 2.36. The Bertz CT molecular complexity index is 605. The summed E-state index contributed by atoms with van der Waals surface area (Å²) in [6.45, 7) is 3.62. The van der Waals surface area contributed by atoms with Crippen LogP contribution < -0.4 is 14.2 Å². The van der Waals surface area contributed by atoms with E-state index in [9.17, 15) is 9.90 Å². The summed E-state index contributed by atoms with van der Waals surface area (Å²) in [4.78, 5) is 12.1. The van der Waals surface area contributed by atoms with E-state index in [-0.39, 0.29) is 18.0 Å². The molecule has 0 radical (unpaired) electrons. The van der Waals surface area contributed by atoms with Gasteiger partial charge in [-0.25, -0.2) is 0 Å². The molecular weight excluding hydrogens is 284 g/mol. The van der Waals surface area contributed by atoms with Crippen LogP contribution in [0.5, 0.6) is 17.2 Å². The van der Waals surface area contributed by atoms with Crippen molar-refractivity contribution in [1.82, 2.24) is 0 Å². The zero-order valence-corrected chi connectivity index (χ0v) is 13.0. The normalized spacial score (nSPS) is 17.6. The van der Waals surface area contributed by atoms with Crippen LogP contribution in [-0.2, 0) is 4.79 Å². The molecule has 0 aliphatic heterocycles. The van der Waals surface area contributed by atoms with E-state index in [1.54, 1.807) is 25.3 Å². The van der Waals surface area contributed by atoms with Crippen LogP contribution in [0, 0.1) is 0 Å². The van der Waals surface area contributed by atoms with E-state index in [0.717, 1.165) is 0 Å². The van der Waals surface area contributed by atoms with Gasteiger partial charge in [-0.05, 0) is 6.42 Å². The number of rotatable bonds is 6. The average Bonchev–Trinajstić information content (AvgIpc) is 2.81. The van der Waals surface area contributed by atoms with E-state index in [1.807, 2.05) is 0 Å². The number of carbonyl (C=O) groups is 1. The smallest absolute Gasteiger partial charge is 0.163 e. The van der Waals surface area contributed by atoms with Gasteiger partial charge in [0.25, 0.3) is 0 Å². The number of ether oxygens (including phenoxy) is 3. The third kappa shape index (κ3) is 2.66. The number of aliphatic hydroxyl groups is 1. The lowest BCUT2D eigenvalue weighted by Crippen LogP contribution is -2.05. The van der Waals surface area contributed by atoms with Crippen molar-refractivity contribution in [3.63, 3.8) is 0 Å². The predicted molar refractivity (Wildman–Crippen MR) is 82.9 cm³/mol. The molecule has 1 aliphatic rings. The van der Waals surface area contributed by atoms with E-state index in [0.29, 0.717) is 34.8 Å². The highest BCUT2D eigenvalue weighted by molar-refractivity contribution is 6.00. The SMILES string of the molecule is C=CCC1=C(O)C(c2c(OC)cc(OC)cc2OC)CC1=O. The standard InChI is InChI=1S/C17H20O5/c1-5-6-11-13(18)9-12(17(11)19)16-14(21-3)7-10(20-2)8-15(16)22-4/h5,7-8,12,19H,1,6,9H2,2-4H3. The van der Waals surface area contributed by atoms with Gasteiger partial charge in [-0.15, -0.1) is 6.58 Å². The topological polar surface area (TPSA) is 65.0 Å². The summed E-state index contributed by atoms with van der Waals surface area (Å²) in [6, 6.07) is 3.42. The highest BCUT2D eigenvalue weighted by atomic mass is 16.5. The van der Waals surface area contributed by atoms with Crippen molar-refractivity contribution in [3.8, 4) is 17.2 Å². The molecule has 5 nitrogen and oxygen atoms in total. The number of carbonyl (C=O) groups excluding carboxylic acids is 1. The van der Waals surface area contributed by atoms with E-state index in [2.05, 4.69) is 6.58 Å². The van der Waals surface area contributed by atoms with Crippen LogP contribution in [0.3, 0.4) is 0 Å². The largest absolute Gasteiger partial charge is 0.511 e. The van der Waals surface area contributed by atoms with E-state index in [4.69, 9.17) is 14.2 Å². The highest BCUT2D eigenvalue weighted by Crippen LogP contribution is 2.46. The zero-order chi connectivity index (χ0) is 16.3. The van der Waals surface area contributed by atoms with E-state index >= 15 is 0 Å². The minimum absolute atomic E-state index is 0.0617. The summed E-state index contributed by atoms with van der Waals surface area (Å²) in [7, 11) is 4.60. The van der Waals surface area contributed by atoms with Gasteiger partial charge in [-0.1, -0.05) is 6.08 Å². The summed E-state index contributed by atoms with van der Waals surface area (Å²) < 4.78 is 16.0. The van der Waals surface area contributed by atoms with Crippen LogP contribution in [0.15, 0.2) is 36.1 Å². The number of aliphatic hydroxyl groups excluding tert-OH is 1. The first-order chi connectivity index (χ1) is 10.6. The van der Waals surface area contributed by atoms with Crippen LogP contribution in [0.1, 0.15) is 24.3 Å². The number of methoxy groups -OCH3 is 3. The molecule has 0 fully saturated rings. The Balaban J connectivity index is 2.57. The Labute approximate surface area is 129 Å². The molecule has 0 amide bonds. The second-order valence-electron chi connectivity index (χ2n) is 4.98. The molecule has 1 atom stereocenters. The summed E-state index contributed by atoms with van der Waals surface area (Å²) in [5.41, 5.74) is 1.05. The molecule has 1 unspecified atom stereocenters. The Morgan fingerprint density at radius 3 is 2.27 bits per heavy atom. The second kappa shape index (κ2) is 6.56. The fourth-order valence-electron chi connectivity index (χ4n) is 2.74. The lowest BCUT2D eigenvalue weighted by Gasteiger charge is -2.19. The van der Waals surface area contributed by atoms with Crippen molar-refractivity contribution in [2.24, 2.45) is 0 Å². The minimum atomic E-state index is -0.474. The van der Waals surface area contributed by atoms with Crippen molar-refractivity contribution < 1.29 is 24.1 Å². The number of Topliss-reactive ketones (excluding diaryl/α,β-unsaturated/α-hetero) is 1. The Morgan fingerprint density at radius 2 is 1.82 bits per heavy atom. The van der Waals surface area contributed by atoms with E-state index < -0.39 is 5.92 Å². The van der Waals surface area contributed by atoms with Crippen molar-refractivity contribution >= 4 is 5.78 Å². The van der Waals surface area contributed by atoms with E-state index in [1.165, 1.54) is 14.2 Å². The lowest BCUT2D eigenvalue weighted by atomic mass is 9.94. The van der Waals surface area contributed by atoms with Crippen LogP contribution in [0.2, 0.25) is 0 Å². The predicted octanol–water partition coefficient (Wildman–Crippen LogP) is 3.16. The van der Waals surface area contributed by atoms with Gasteiger partial charge in [0.2, 0.25) is 0 Å². The molecule has 0 aromatic heterocycles. The Kier molecular flexibility index (Phi) is 4.75. The zero-order valence-electron chi connectivity index (χ0n) is 13.0. The maximum atomic E-state index is 12.1. The molecule has 118 valence electrons. The summed E-state index contributed by atoms with van der Waals surface area (Å²) in [5, 5.41) is 10.4. The Morgan fingerprint density at radius 1 is 1.23 bits per heavy atom. The molecule has 1 aromatic carbocycles. The number of allylic oxidation sites excluding steroid dienone is 3. The second-order valence-corrected chi connectivity index (χ2v) is 4.98. The molecule has 22 heavy (non-hydrogen) atoms. The number of hydrogen-bond donors (Lipinski definition) is 1. The molecule has 5 heteroatoms. The third-order valence-electron chi connectivity index (χ3n) is 3.82. The van der Waals surface area contributed by atoms with Crippen molar-refractivity contribution in [1.29, 1.82) is 0 Å². The maximum absolute atomic E-state index is 12.1. The molecule has 0 saturated carbocycles. The molecule has 0 spiro atoms.